The van der Waals surface area contributed by atoms with Gasteiger partial charge in [-0.05, 0) is 54.7 Å². The van der Waals surface area contributed by atoms with E-state index in [1.807, 2.05) is 6.92 Å². The van der Waals surface area contributed by atoms with Crippen LogP contribution in [0, 0.1) is 22.7 Å². The second-order valence-corrected chi connectivity index (χ2v) is 10.9. The Morgan fingerprint density at radius 1 is 1.38 bits per heavy atom. The summed E-state index contributed by atoms with van der Waals surface area (Å²) in [5.41, 5.74) is -2.95. The highest BCUT2D eigenvalue weighted by Crippen LogP contribution is 2.72. The number of halogens is 3. The van der Waals surface area contributed by atoms with Crippen molar-refractivity contribution < 1.29 is 24.2 Å². The van der Waals surface area contributed by atoms with Crippen molar-refractivity contribution in [3.05, 3.63) is 23.8 Å². The highest BCUT2D eigenvalue weighted by Gasteiger charge is 2.75. The molecule has 3 saturated carbocycles. The summed E-state index contributed by atoms with van der Waals surface area (Å²) < 4.78 is 15.4. The van der Waals surface area contributed by atoms with Gasteiger partial charge in [-0.3, -0.25) is 9.59 Å². The van der Waals surface area contributed by atoms with Crippen LogP contribution in [0.15, 0.2) is 23.8 Å². The highest BCUT2D eigenvalue weighted by molar-refractivity contribution is 6.33. The van der Waals surface area contributed by atoms with E-state index in [4.69, 9.17) is 23.2 Å². The molecule has 2 N–H and O–H groups in total. The normalized spacial score (nSPS) is 51.8. The van der Waals surface area contributed by atoms with Crippen LogP contribution in [0.3, 0.4) is 0 Å². The maximum absolute atomic E-state index is 15.4. The van der Waals surface area contributed by atoms with E-state index in [0.717, 1.165) is 0 Å². The number of hydrogen-bond acceptors (Lipinski definition) is 4. The van der Waals surface area contributed by atoms with Crippen LogP contribution in [-0.2, 0) is 9.59 Å². The molecule has 4 aliphatic carbocycles. The molecule has 2 unspecified atom stereocenters. The first-order chi connectivity index (χ1) is 13.4. The Hall–Kier alpha value is -0.750. The lowest BCUT2D eigenvalue weighted by molar-refractivity contribution is -0.158. The minimum atomic E-state index is -1.91. The van der Waals surface area contributed by atoms with Crippen molar-refractivity contribution in [1.82, 2.24) is 0 Å². The van der Waals surface area contributed by atoms with Gasteiger partial charge in [0.1, 0.15) is 12.8 Å². The molecule has 3 fully saturated rings. The molecule has 0 heterocycles. The topological polar surface area (TPSA) is 74.6 Å². The smallest absolute Gasteiger partial charge is 0.194 e. The average molecular weight is 445 g/mol. The van der Waals surface area contributed by atoms with E-state index in [0.29, 0.717) is 30.4 Å². The van der Waals surface area contributed by atoms with Crippen LogP contribution in [0.25, 0.3) is 0 Å². The van der Waals surface area contributed by atoms with E-state index in [1.165, 1.54) is 6.08 Å². The molecular formula is C22H27Cl2FO4. The van der Waals surface area contributed by atoms with Crippen LogP contribution in [0.4, 0.5) is 4.39 Å². The Morgan fingerprint density at radius 2 is 2.03 bits per heavy atom. The number of carbonyl (C=O) groups is 2. The third-order valence-electron chi connectivity index (χ3n) is 8.72. The quantitative estimate of drug-likeness (QED) is 0.504. The van der Waals surface area contributed by atoms with Crippen molar-refractivity contribution in [3.63, 3.8) is 0 Å². The first kappa shape index (κ1) is 21.5. The fourth-order valence-electron chi connectivity index (χ4n) is 7.08. The standard InChI is InChI=1S/C22H27Cl2FO4/c1-11-6-13-14-8-16(25)15-7-12(27)4-5-19(15,2)21(14,24)17(23)9-20(13,3)22(11,29)18(28)10-26/h7,13-14,16-17,26,29H,1,4-6,8-10H2,2-3H3/t13-,14-,16?,17?,19-,20-,21-,22-/m0/s1. The molecular weight excluding hydrogens is 418 g/mol. The Kier molecular flexibility index (Phi) is 4.73. The van der Waals surface area contributed by atoms with Gasteiger partial charge < -0.3 is 10.2 Å². The van der Waals surface area contributed by atoms with E-state index >= 15 is 4.39 Å². The Labute approximate surface area is 180 Å². The molecule has 0 spiro atoms. The summed E-state index contributed by atoms with van der Waals surface area (Å²) in [5, 5.41) is 20.2. The fourth-order valence-corrected chi connectivity index (χ4v) is 8.33. The molecule has 0 aliphatic heterocycles. The SMILES string of the molecule is C=C1C[C@H]2[C@@H]3CC(F)C4=CC(=O)CC[C@]4(C)[C@@]3(Cl)C(Cl)C[C@]2(C)[C@@]1(O)C(=O)CO. The molecule has 0 aromatic rings. The summed E-state index contributed by atoms with van der Waals surface area (Å²) >= 11 is 14.3. The lowest BCUT2D eigenvalue weighted by Crippen LogP contribution is -2.69. The molecule has 160 valence electrons. The van der Waals surface area contributed by atoms with E-state index in [2.05, 4.69) is 6.58 Å². The Balaban J connectivity index is 1.87. The predicted molar refractivity (Wildman–Crippen MR) is 109 cm³/mol. The van der Waals surface area contributed by atoms with Crippen LogP contribution >= 0.6 is 23.2 Å². The van der Waals surface area contributed by atoms with Gasteiger partial charge in [0, 0.05) is 17.3 Å². The molecule has 4 nitrogen and oxygen atoms in total. The number of aliphatic hydroxyl groups excluding tert-OH is 1. The van der Waals surface area contributed by atoms with Gasteiger partial charge in [-0.15, -0.1) is 23.2 Å². The number of Topliss-reactive ketones (excluding diaryl/α,β-unsaturated/α-hetero) is 1. The largest absolute Gasteiger partial charge is 0.388 e. The van der Waals surface area contributed by atoms with Gasteiger partial charge in [0.25, 0.3) is 0 Å². The van der Waals surface area contributed by atoms with Crippen molar-refractivity contribution in [1.29, 1.82) is 0 Å². The summed E-state index contributed by atoms with van der Waals surface area (Å²) in [6.45, 7) is 6.81. The van der Waals surface area contributed by atoms with Crippen molar-refractivity contribution in [2.24, 2.45) is 22.7 Å². The van der Waals surface area contributed by atoms with E-state index < -0.39 is 51.2 Å². The first-order valence-corrected chi connectivity index (χ1v) is 11.0. The van der Waals surface area contributed by atoms with Crippen molar-refractivity contribution in [3.8, 4) is 0 Å². The van der Waals surface area contributed by atoms with E-state index in [9.17, 15) is 19.8 Å². The molecule has 0 amide bonds. The molecule has 0 radical (unpaired) electrons. The summed E-state index contributed by atoms with van der Waals surface area (Å²) in [6.07, 6.45) is 1.42. The van der Waals surface area contributed by atoms with Gasteiger partial charge >= 0.3 is 0 Å². The molecule has 29 heavy (non-hydrogen) atoms. The number of aliphatic hydroxyl groups is 2. The highest BCUT2D eigenvalue weighted by atomic mass is 35.5. The summed E-state index contributed by atoms with van der Waals surface area (Å²) in [5.74, 6) is -1.52. The van der Waals surface area contributed by atoms with Crippen molar-refractivity contribution in [2.75, 3.05) is 6.61 Å². The number of fused-ring (bicyclic) bond motifs is 5. The Morgan fingerprint density at radius 3 is 2.66 bits per heavy atom. The summed E-state index contributed by atoms with van der Waals surface area (Å²) in [7, 11) is 0. The van der Waals surface area contributed by atoms with Gasteiger partial charge in [-0.2, -0.15) is 0 Å². The van der Waals surface area contributed by atoms with Crippen LogP contribution in [0.1, 0.15) is 46.0 Å². The summed E-state index contributed by atoms with van der Waals surface area (Å²) in [6, 6.07) is 0. The monoisotopic (exact) mass is 444 g/mol. The lowest BCUT2D eigenvalue weighted by Gasteiger charge is -2.65. The molecule has 4 rings (SSSR count). The molecule has 0 aromatic carbocycles. The molecule has 4 aliphatic rings. The van der Waals surface area contributed by atoms with Crippen LogP contribution in [0.2, 0.25) is 0 Å². The minimum absolute atomic E-state index is 0.0817. The maximum atomic E-state index is 15.4. The zero-order valence-electron chi connectivity index (χ0n) is 16.7. The fraction of sp³-hybridized carbons (Fsp3) is 0.727. The average Bonchev–Trinajstić information content (AvgIpc) is 2.86. The predicted octanol–water partition coefficient (Wildman–Crippen LogP) is 3.50. The number of rotatable bonds is 2. The van der Waals surface area contributed by atoms with Crippen LogP contribution in [0.5, 0.6) is 0 Å². The zero-order chi connectivity index (χ0) is 21.6. The number of ketones is 2. The molecule has 8 atom stereocenters. The van der Waals surface area contributed by atoms with E-state index in [1.54, 1.807) is 6.92 Å². The maximum Gasteiger partial charge on any atom is 0.194 e. The van der Waals surface area contributed by atoms with Gasteiger partial charge in [-0.25, -0.2) is 4.39 Å². The second-order valence-electron chi connectivity index (χ2n) is 9.77. The second kappa shape index (κ2) is 6.38. The molecule has 0 bridgehead atoms. The summed E-state index contributed by atoms with van der Waals surface area (Å²) in [4.78, 5) is 23.6. The van der Waals surface area contributed by atoms with Gasteiger partial charge in [-0.1, -0.05) is 20.4 Å². The zero-order valence-corrected chi connectivity index (χ0v) is 18.2. The number of hydrogen-bond donors (Lipinski definition) is 2. The minimum Gasteiger partial charge on any atom is -0.388 e. The Bertz CT molecular complexity index is 843. The van der Waals surface area contributed by atoms with Gasteiger partial charge in [0.05, 0.1) is 10.3 Å². The van der Waals surface area contributed by atoms with Crippen LogP contribution < -0.4 is 0 Å². The first-order valence-electron chi connectivity index (χ1n) is 10.1. The van der Waals surface area contributed by atoms with Crippen molar-refractivity contribution in [2.45, 2.75) is 68.0 Å². The number of carbonyl (C=O) groups excluding carboxylic acids is 2. The molecule has 0 aromatic heterocycles. The number of allylic oxidation sites excluding steroid dienone is 1. The number of alkyl halides is 3. The van der Waals surface area contributed by atoms with Crippen molar-refractivity contribution >= 4 is 34.8 Å². The van der Waals surface area contributed by atoms with Crippen LogP contribution in [-0.4, -0.2) is 50.4 Å². The molecule has 7 heteroatoms. The molecule has 0 saturated heterocycles. The third kappa shape index (κ3) is 2.34. The van der Waals surface area contributed by atoms with E-state index in [-0.39, 0.29) is 24.5 Å². The third-order valence-corrected chi connectivity index (χ3v) is 10.3. The van der Waals surface area contributed by atoms with Gasteiger partial charge in [0.15, 0.2) is 17.2 Å². The van der Waals surface area contributed by atoms with Gasteiger partial charge in [0.2, 0.25) is 0 Å². The lowest BCUT2D eigenvalue weighted by atomic mass is 9.45.